The first kappa shape index (κ1) is 23.9. The van der Waals surface area contributed by atoms with E-state index in [1.165, 1.54) is 39.8 Å². The minimum Gasteiger partial charge on any atom is -0.454 e. The van der Waals surface area contributed by atoms with E-state index in [1.807, 2.05) is 0 Å². The largest absolute Gasteiger partial charge is 0.454 e. The van der Waals surface area contributed by atoms with E-state index in [2.05, 4.69) is 15.3 Å². The van der Waals surface area contributed by atoms with Crippen molar-refractivity contribution in [1.29, 1.82) is 0 Å². The monoisotopic (exact) mass is 483 g/mol. The SMILES string of the molecule is CN(CC(=O)OCC(=O)Nc1cc(S(=O)(=O)N2CCOCC2)ccc1Cl)c1ncccn1. The second-order valence-corrected chi connectivity index (χ2v) is 9.12. The number of carbonyl (C=O) groups excluding carboxylic acids is 2. The number of hydrogen-bond donors (Lipinski definition) is 1. The van der Waals surface area contributed by atoms with Crippen LogP contribution in [0.3, 0.4) is 0 Å². The van der Waals surface area contributed by atoms with Crippen LogP contribution in [0.5, 0.6) is 0 Å². The molecule has 2 heterocycles. The van der Waals surface area contributed by atoms with Crippen molar-refractivity contribution in [2.75, 3.05) is 56.7 Å². The topological polar surface area (TPSA) is 131 Å². The Balaban J connectivity index is 1.57. The zero-order valence-corrected chi connectivity index (χ0v) is 18.8. The average molecular weight is 484 g/mol. The minimum absolute atomic E-state index is 0.0134. The van der Waals surface area contributed by atoms with Gasteiger partial charge in [-0.15, -0.1) is 0 Å². The van der Waals surface area contributed by atoms with Gasteiger partial charge in [0.1, 0.15) is 6.54 Å². The third kappa shape index (κ3) is 6.13. The van der Waals surface area contributed by atoms with Gasteiger partial charge in [0.05, 0.1) is 28.8 Å². The summed E-state index contributed by atoms with van der Waals surface area (Å²) in [6.45, 7) is 0.376. The van der Waals surface area contributed by atoms with E-state index >= 15 is 0 Å². The van der Waals surface area contributed by atoms with Crippen LogP contribution in [-0.2, 0) is 29.1 Å². The molecule has 0 bridgehead atoms. The summed E-state index contributed by atoms with van der Waals surface area (Å²) in [5, 5.41) is 2.62. The molecule has 0 saturated carbocycles. The zero-order valence-electron chi connectivity index (χ0n) is 17.2. The normalized spacial score (nSPS) is 14.6. The standard InChI is InChI=1S/C19H22ClN5O6S/c1-24(19-21-5-2-6-22-19)12-18(27)31-13-17(26)23-16-11-14(3-4-15(16)20)32(28,29)25-7-9-30-10-8-25/h2-6,11H,7-10,12-13H2,1H3,(H,23,26). The first-order valence-electron chi connectivity index (χ1n) is 9.58. The number of morpholine rings is 1. The second kappa shape index (κ2) is 10.7. The number of anilines is 2. The van der Waals surface area contributed by atoms with E-state index in [9.17, 15) is 18.0 Å². The van der Waals surface area contributed by atoms with Crippen molar-refractivity contribution in [3.8, 4) is 0 Å². The fraction of sp³-hybridized carbons (Fsp3) is 0.368. The number of aromatic nitrogens is 2. The van der Waals surface area contributed by atoms with Gasteiger partial charge in [-0.3, -0.25) is 9.59 Å². The van der Waals surface area contributed by atoms with Gasteiger partial charge in [0.25, 0.3) is 5.91 Å². The van der Waals surface area contributed by atoms with Crippen molar-refractivity contribution in [3.63, 3.8) is 0 Å². The van der Waals surface area contributed by atoms with Crippen molar-refractivity contribution >= 4 is 45.1 Å². The molecule has 2 aromatic rings. The van der Waals surface area contributed by atoms with Crippen LogP contribution in [-0.4, -0.2) is 81.1 Å². The van der Waals surface area contributed by atoms with Gasteiger partial charge in [0.15, 0.2) is 6.61 Å². The lowest BCUT2D eigenvalue weighted by atomic mass is 10.3. The maximum atomic E-state index is 12.8. The molecule has 1 aliphatic heterocycles. The molecule has 1 aromatic heterocycles. The Labute approximate surface area is 190 Å². The molecule has 1 aliphatic rings. The number of likely N-dealkylation sites (N-methyl/N-ethyl adjacent to an activating group) is 1. The van der Waals surface area contributed by atoms with Crippen molar-refractivity contribution in [2.45, 2.75) is 4.90 Å². The number of nitrogens with one attached hydrogen (secondary N) is 1. The summed E-state index contributed by atoms with van der Waals surface area (Å²) >= 11 is 6.10. The van der Waals surface area contributed by atoms with Crippen LogP contribution in [0.15, 0.2) is 41.6 Å². The predicted octanol–water partition coefficient (Wildman–Crippen LogP) is 0.769. The molecule has 11 nitrogen and oxygen atoms in total. The van der Waals surface area contributed by atoms with Crippen molar-refractivity contribution in [1.82, 2.24) is 14.3 Å². The molecule has 0 unspecified atom stereocenters. The Morgan fingerprint density at radius 3 is 2.62 bits per heavy atom. The molecule has 1 aromatic carbocycles. The number of rotatable bonds is 8. The second-order valence-electron chi connectivity index (χ2n) is 6.77. The van der Waals surface area contributed by atoms with Crippen molar-refractivity contribution < 1.29 is 27.5 Å². The smallest absolute Gasteiger partial charge is 0.326 e. The number of carbonyl (C=O) groups is 2. The Morgan fingerprint density at radius 2 is 1.94 bits per heavy atom. The molecule has 0 radical (unpaired) electrons. The number of hydrogen-bond acceptors (Lipinski definition) is 9. The number of nitrogens with zero attached hydrogens (tertiary/aromatic N) is 4. The van der Waals surface area contributed by atoms with Gasteiger partial charge in [-0.05, 0) is 24.3 Å². The third-order valence-corrected chi connectivity index (χ3v) is 6.67. The molecule has 1 amide bonds. The molecule has 1 fully saturated rings. The Hall–Kier alpha value is -2.80. The van der Waals surface area contributed by atoms with Gasteiger partial charge in [0, 0.05) is 32.5 Å². The summed E-state index contributed by atoms with van der Waals surface area (Å²) in [7, 11) is -2.15. The molecule has 1 saturated heterocycles. The lowest BCUT2D eigenvalue weighted by Crippen LogP contribution is -2.40. The predicted molar refractivity (Wildman–Crippen MR) is 116 cm³/mol. The van der Waals surface area contributed by atoms with Gasteiger partial charge in [-0.1, -0.05) is 11.6 Å². The van der Waals surface area contributed by atoms with Crippen LogP contribution < -0.4 is 10.2 Å². The van der Waals surface area contributed by atoms with Crippen molar-refractivity contribution in [2.24, 2.45) is 0 Å². The van der Waals surface area contributed by atoms with Crippen LogP contribution in [0.4, 0.5) is 11.6 Å². The first-order valence-corrected chi connectivity index (χ1v) is 11.4. The summed E-state index contributed by atoms with van der Waals surface area (Å²) in [6.07, 6.45) is 3.07. The summed E-state index contributed by atoms with van der Waals surface area (Å²) in [5.74, 6) is -0.997. The molecule has 32 heavy (non-hydrogen) atoms. The third-order valence-electron chi connectivity index (χ3n) is 4.44. The number of esters is 1. The molecule has 0 aliphatic carbocycles. The van der Waals surface area contributed by atoms with Gasteiger partial charge in [-0.2, -0.15) is 4.31 Å². The van der Waals surface area contributed by atoms with Crippen LogP contribution in [0, 0.1) is 0 Å². The summed E-state index contributed by atoms with van der Waals surface area (Å²) in [5.41, 5.74) is 0.0943. The quantitative estimate of drug-likeness (QED) is 0.540. The number of ether oxygens (including phenoxy) is 2. The van der Waals surface area contributed by atoms with Gasteiger partial charge >= 0.3 is 5.97 Å². The highest BCUT2D eigenvalue weighted by Crippen LogP contribution is 2.27. The van der Waals surface area contributed by atoms with Crippen LogP contribution in [0.1, 0.15) is 0 Å². The van der Waals surface area contributed by atoms with E-state index in [4.69, 9.17) is 21.1 Å². The van der Waals surface area contributed by atoms with Crippen molar-refractivity contribution in [3.05, 3.63) is 41.7 Å². The van der Waals surface area contributed by atoms with Crippen LogP contribution in [0.25, 0.3) is 0 Å². The molecular formula is C19H22ClN5O6S. The van der Waals surface area contributed by atoms with Gasteiger partial charge < -0.3 is 19.7 Å². The highest BCUT2D eigenvalue weighted by atomic mass is 35.5. The fourth-order valence-corrected chi connectivity index (χ4v) is 4.43. The Kier molecular flexibility index (Phi) is 7.96. The molecule has 0 spiro atoms. The molecule has 0 atom stereocenters. The Bertz CT molecular complexity index is 1060. The summed E-state index contributed by atoms with van der Waals surface area (Å²) in [6, 6.07) is 5.66. The lowest BCUT2D eigenvalue weighted by Gasteiger charge is -2.26. The van der Waals surface area contributed by atoms with E-state index in [0.29, 0.717) is 19.2 Å². The minimum atomic E-state index is -3.76. The Morgan fingerprint density at radius 1 is 1.25 bits per heavy atom. The zero-order chi connectivity index (χ0) is 23.1. The maximum absolute atomic E-state index is 12.8. The lowest BCUT2D eigenvalue weighted by molar-refractivity contribution is -0.145. The summed E-state index contributed by atoms with van der Waals surface area (Å²) in [4.78, 5) is 33.7. The van der Waals surface area contributed by atoms with Crippen LogP contribution in [0.2, 0.25) is 5.02 Å². The number of benzene rings is 1. The number of sulfonamides is 1. The highest BCUT2D eigenvalue weighted by Gasteiger charge is 2.27. The first-order chi connectivity index (χ1) is 15.3. The highest BCUT2D eigenvalue weighted by molar-refractivity contribution is 7.89. The molecule has 172 valence electrons. The molecular weight excluding hydrogens is 462 g/mol. The molecule has 1 N–H and O–H groups in total. The van der Waals surface area contributed by atoms with E-state index in [0.717, 1.165) is 0 Å². The van der Waals surface area contributed by atoms with Crippen LogP contribution >= 0.6 is 11.6 Å². The maximum Gasteiger partial charge on any atom is 0.326 e. The van der Waals surface area contributed by atoms with E-state index in [-0.39, 0.29) is 35.2 Å². The fourth-order valence-electron chi connectivity index (χ4n) is 2.83. The van der Waals surface area contributed by atoms with Gasteiger partial charge in [-0.25, -0.2) is 18.4 Å². The van der Waals surface area contributed by atoms with Gasteiger partial charge in [0.2, 0.25) is 16.0 Å². The van der Waals surface area contributed by atoms with E-state index in [1.54, 1.807) is 13.1 Å². The number of amides is 1. The molecule has 3 rings (SSSR count). The van der Waals surface area contributed by atoms with E-state index < -0.39 is 28.5 Å². The average Bonchev–Trinajstić information content (AvgIpc) is 2.80. The number of halogens is 1. The molecule has 13 heteroatoms. The summed E-state index contributed by atoms with van der Waals surface area (Å²) < 4.78 is 37.1.